The zero-order valence-electron chi connectivity index (χ0n) is 14.0. The summed E-state index contributed by atoms with van der Waals surface area (Å²) in [6, 6.07) is 19.9. The van der Waals surface area contributed by atoms with Gasteiger partial charge in [-0.15, -0.1) is 0 Å². The first kappa shape index (κ1) is 15.8. The molecule has 2 aromatic rings. The Morgan fingerprint density at radius 2 is 1.71 bits per heavy atom. The maximum Gasteiger partial charge on any atom is 0.0734 e. The topological polar surface area (TPSA) is 32.7 Å². The molecule has 1 saturated heterocycles. The van der Waals surface area contributed by atoms with Crippen molar-refractivity contribution in [3.05, 3.63) is 60.2 Å². The van der Waals surface area contributed by atoms with Crippen LogP contribution >= 0.6 is 0 Å². The fourth-order valence-corrected chi connectivity index (χ4v) is 4.14. The maximum absolute atomic E-state index is 9.45. The molecule has 24 heavy (non-hydrogen) atoms. The van der Waals surface area contributed by atoms with Gasteiger partial charge in [0.25, 0.3) is 0 Å². The summed E-state index contributed by atoms with van der Waals surface area (Å²) in [6.45, 7) is 3.05. The first-order valence-corrected chi connectivity index (χ1v) is 8.94. The molecule has 0 spiro atoms. The lowest BCUT2D eigenvalue weighted by molar-refractivity contribution is -0.0590. The molecule has 0 unspecified atom stereocenters. The van der Waals surface area contributed by atoms with Crippen molar-refractivity contribution in [2.24, 2.45) is 5.92 Å². The summed E-state index contributed by atoms with van der Waals surface area (Å²) in [7, 11) is 0. The number of rotatable bonds is 4. The van der Waals surface area contributed by atoms with Crippen molar-refractivity contribution in [1.82, 2.24) is 4.90 Å². The van der Waals surface area contributed by atoms with Gasteiger partial charge in [-0.3, -0.25) is 4.90 Å². The number of ether oxygens (including phenoxy) is 1. The van der Waals surface area contributed by atoms with Gasteiger partial charge in [-0.1, -0.05) is 54.6 Å². The third-order valence-corrected chi connectivity index (χ3v) is 5.45. The van der Waals surface area contributed by atoms with Crippen LogP contribution in [0.2, 0.25) is 0 Å². The molecule has 2 aliphatic rings. The van der Waals surface area contributed by atoms with Crippen LogP contribution in [0, 0.1) is 5.92 Å². The molecule has 3 nitrogen and oxygen atoms in total. The van der Waals surface area contributed by atoms with Crippen LogP contribution in [0.15, 0.2) is 54.6 Å². The van der Waals surface area contributed by atoms with Crippen LogP contribution in [0.4, 0.5) is 0 Å². The Hall–Kier alpha value is -1.68. The van der Waals surface area contributed by atoms with Gasteiger partial charge >= 0.3 is 0 Å². The van der Waals surface area contributed by atoms with Gasteiger partial charge in [-0.2, -0.15) is 0 Å². The van der Waals surface area contributed by atoms with Gasteiger partial charge in [0.2, 0.25) is 0 Å². The first-order chi connectivity index (χ1) is 11.8. The SMILES string of the molecule is OC[C@H]1C[C@@H]2OCCN(Cc3ccc(-c4ccccc4)cc3)[C@H]2C1. The van der Waals surface area contributed by atoms with E-state index in [2.05, 4.69) is 53.4 Å². The lowest BCUT2D eigenvalue weighted by Gasteiger charge is -2.37. The summed E-state index contributed by atoms with van der Waals surface area (Å²) in [5.74, 6) is 0.404. The summed E-state index contributed by atoms with van der Waals surface area (Å²) in [5.41, 5.74) is 3.88. The molecule has 0 aromatic heterocycles. The molecule has 1 heterocycles. The van der Waals surface area contributed by atoms with Gasteiger partial charge in [0, 0.05) is 25.7 Å². The van der Waals surface area contributed by atoms with Crippen LogP contribution in [-0.2, 0) is 11.3 Å². The predicted octanol–water partition coefficient (Wildman–Crippen LogP) is 3.33. The number of fused-ring (bicyclic) bond motifs is 1. The van der Waals surface area contributed by atoms with Crippen molar-refractivity contribution in [3.8, 4) is 11.1 Å². The van der Waals surface area contributed by atoms with Gasteiger partial charge in [0.15, 0.2) is 0 Å². The maximum atomic E-state index is 9.45. The zero-order valence-corrected chi connectivity index (χ0v) is 14.0. The fourth-order valence-electron chi connectivity index (χ4n) is 4.14. The summed E-state index contributed by atoms with van der Waals surface area (Å²) < 4.78 is 5.93. The second-order valence-corrected chi connectivity index (χ2v) is 7.03. The van der Waals surface area contributed by atoms with E-state index in [1.165, 1.54) is 16.7 Å². The molecule has 4 rings (SSSR count). The van der Waals surface area contributed by atoms with Gasteiger partial charge < -0.3 is 9.84 Å². The Labute approximate surface area is 143 Å². The van der Waals surface area contributed by atoms with Crippen LogP contribution in [0.3, 0.4) is 0 Å². The molecule has 0 bridgehead atoms. The average Bonchev–Trinajstić information content (AvgIpc) is 3.08. The van der Waals surface area contributed by atoms with E-state index in [0.717, 1.165) is 32.5 Å². The van der Waals surface area contributed by atoms with Gasteiger partial charge in [0.1, 0.15) is 0 Å². The number of aliphatic hydroxyl groups is 1. The lowest BCUT2D eigenvalue weighted by atomic mass is 10.0. The predicted molar refractivity (Wildman–Crippen MR) is 95.6 cm³/mol. The normalized spacial score (nSPS) is 27.1. The number of nitrogens with zero attached hydrogens (tertiary/aromatic N) is 1. The number of morpholine rings is 1. The van der Waals surface area contributed by atoms with Crippen molar-refractivity contribution < 1.29 is 9.84 Å². The monoisotopic (exact) mass is 323 g/mol. The van der Waals surface area contributed by atoms with E-state index in [-0.39, 0.29) is 6.61 Å². The summed E-state index contributed by atoms with van der Waals surface area (Å²) >= 11 is 0. The molecule has 2 aromatic carbocycles. The van der Waals surface area contributed by atoms with Crippen molar-refractivity contribution >= 4 is 0 Å². The first-order valence-electron chi connectivity index (χ1n) is 8.94. The van der Waals surface area contributed by atoms with E-state index in [0.29, 0.717) is 18.1 Å². The van der Waals surface area contributed by atoms with Gasteiger partial charge in [0.05, 0.1) is 12.7 Å². The molecule has 1 saturated carbocycles. The molecular formula is C21H25NO2. The molecule has 1 aliphatic heterocycles. The van der Waals surface area contributed by atoms with E-state index in [9.17, 15) is 5.11 Å². The summed E-state index contributed by atoms with van der Waals surface area (Å²) in [5, 5.41) is 9.45. The number of aliphatic hydroxyl groups excluding tert-OH is 1. The minimum absolute atomic E-state index is 0.288. The zero-order chi connectivity index (χ0) is 16.4. The van der Waals surface area contributed by atoms with Crippen molar-refractivity contribution in [2.45, 2.75) is 31.5 Å². The minimum atomic E-state index is 0.288. The van der Waals surface area contributed by atoms with E-state index in [1.54, 1.807) is 0 Å². The average molecular weight is 323 g/mol. The highest BCUT2D eigenvalue weighted by Gasteiger charge is 2.40. The van der Waals surface area contributed by atoms with Crippen molar-refractivity contribution in [2.75, 3.05) is 19.8 Å². The lowest BCUT2D eigenvalue weighted by Crippen LogP contribution is -2.47. The molecule has 3 atom stereocenters. The van der Waals surface area contributed by atoms with Crippen LogP contribution in [-0.4, -0.2) is 41.9 Å². The Bertz CT molecular complexity index is 655. The van der Waals surface area contributed by atoms with Crippen LogP contribution < -0.4 is 0 Å². The molecule has 1 N–H and O–H groups in total. The highest BCUT2D eigenvalue weighted by molar-refractivity contribution is 5.63. The minimum Gasteiger partial charge on any atom is -0.396 e. The Morgan fingerprint density at radius 1 is 0.958 bits per heavy atom. The standard InChI is InChI=1S/C21H25NO2/c23-15-17-12-20-21(13-17)24-11-10-22(20)14-16-6-8-19(9-7-16)18-4-2-1-3-5-18/h1-9,17,20-21,23H,10-15H2/t17-,20+,21+/m1/s1. The second-order valence-electron chi connectivity index (χ2n) is 7.03. The molecule has 0 amide bonds. The fraction of sp³-hybridized carbons (Fsp3) is 0.429. The van der Waals surface area contributed by atoms with Crippen LogP contribution in [0.5, 0.6) is 0 Å². The Kier molecular flexibility index (Phi) is 4.65. The summed E-state index contributed by atoms with van der Waals surface area (Å²) in [4.78, 5) is 2.54. The highest BCUT2D eigenvalue weighted by Crippen LogP contribution is 2.34. The van der Waals surface area contributed by atoms with Crippen molar-refractivity contribution in [1.29, 1.82) is 0 Å². The quantitative estimate of drug-likeness (QED) is 0.937. The second kappa shape index (κ2) is 7.06. The number of benzene rings is 2. The van der Waals surface area contributed by atoms with E-state index in [1.807, 2.05) is 6.07 Å². The molecule has 0 radical (unpaired) electrons. The van der Waals surface area contributed by atoms with E-state index in [4.69, 9.17) is 4.74 Å². The smallest absolute Gasteiger partial charge is 0.0734 e. The largest absolute Gasteiger partial charge is 0.396 e. The highest BCUT2D eigenvalue weighted by atomic mass is 16.5. The molecule has 1 aliphatic carbocycles. The third-order valence-electron chi connectivity index (χ3n) is 5.45. The third kappa shape index (κ3) is 3.25. The van der Waals surface area contributed by atoms with Gasteiger partial charge in [-0.05, 0) is 35.4 Å². The van der Waals surface area contributed by atoms with E-state index >= 15 is 0 Å². The van der Waals surface area contributed by atoms with Crippen LogP contribution in [0.1, 0.15) is 18.4 Å². The number of hydrogen-bond acceptors (Lipinski definition) is 3. The Morgan fingerprint density at radius 3 is 2.46 bits per heavy atom. The number of hydrogen-bond donors (Lipinski definition) is 1. The van der Waals surface area contributed by atoms with E-state index < -0.39 is 0 Å². The Balaban J connectivity index is 1.45. The van der Waals surface area contributed by atoms with Crippen LogP contribution in [0.25, 0.3) is 11.1 Å². The van der Waals surface area contributed by atoms with Crippen molar-refractivity contribution in [3.63, 3.8) is 0 Å². The molecule has 3 heteroatoms. The molecular weight excluding hydrogens is 298 g/mol. The van der Waals surface area contributed by atoms with Gasteiger partial charge in [-0.25, -0.2) is 0 Å². The molecule has 2 fully saturated rings. The summed E-state index contributed by atoms with van der Waals surface area (Å²) in [6.07, 6.45) is 2.37. The molecule has 126 valence electrons.